The minimum Gasteiger partial charge on any atom is -0.454 e. The van der Waals surface area contributed by atoms with Gasteiger partial charge in [0.2, 0.25) is 12.7 Å². The molecule has 25 heavy (non-hydrogen) atoms. The van der Waals surface area contributed by atoms with E-state index < -0.39 is 0 Å². The summed E-state index contributed by atoms with van der Waals surface area (Å²) in [5, 5.41) is 6.49. The first-order valence-electron chi connectivity index (χ1n) is 7.75. The molecule has 0 fully saturated rings. The van der Waals surface area contributed by atoms with Crippen molar-refractivity contribution in [1.29, 1.82) is 0 Å². The largest absolute Gasteiger partial charge is 0.454 e. The Kier molecular flexibility index (Phi) is 4.39. The summed E-state index contributed by atoms with van der Waals surface area (Å²) in [5.74, 6) is 2.83. The predicted molar refractivity (Wildman–Crippen MR) is 99.3 cm³/mol. The Morgan fingerprint density at radius 1 is 1.04 bits per heavy atom. The standard InChI is InChI=1S/C18H15BrN4O2/c19-13-3-1-2-4-14(13)22-18-20-8-7-17(23-18)21-10-12-5-6-15-16(9-12)25-11-24-15/h1-9H,10-11H2,(H2,20,21,22,23). The second kappa shape index (κ2) is 6.98. The Morgan fingerprint density at radius 2 is 1.92 bits per heavy atom. The number of nitrogens with zero attached hydrogens (tertiary/aromatic N) is 2. The molecule has 1 aliphatic rings. The summed E-state index contributed by atoms with van der Waals surface area (Å²) >= 11 is 3.50. The summed E-state index contributed by atoms with van der Waals surface area (Å²) in [6.45, 7) is 0.907. The van der Waals surface area contributed by atoms with Gasteiger partial charge in [0.05, 0.1) is 5.69 Å². The van der Waals surface area contributed by atoms with Crippen LogP contribution in [0.5, 0.6) is 11.5 Å². The van der Waals surface area contributed by atoms with Crippen LogP contribution >= 0.6 is 15.9 Å². The van der Waals surface area contributed by atoms with Crippen LogP contribution in [-0.4, -0.2) is 16.8 Å². The highest BCUT2D eigenvalue weighted by molar-refractivity contribution is 9.10. The lowest BCUT2D eigenvalue weighted by atomic mass is 10.2. The van der Waals surface area contributed by atoms with Crippen LogP contribution in [0.4, 0.5) is 17.5 Å². The molecule has 1 aliphatic heterocycles. The number of nitrogens with one attached hydrogen (secondary N) is 2. The molecule has 4 rings (SSSR count). The van der Waals surface area contributed by atoms with Gasteiger partial charge in [-0.3, -0.25) is 0 Å². The van der Waals surface area contributed by atoms with Gasteiger partial charge in [-0.25, -0.2) is 4.98 Å². The molecule has 3 aromatic rings. The zero-order chi connectivity index (χ0) is 17.1. The second-order valence-corrected chi connectivity index (χ2v) is 6.27. The van der Waals surface area contributed by atoms with Gasteiger partial charge in [-0.05, 0) is 51.8 Å². The molecule has 0 saturated carbocycles. The van der Waals surface area contributed by atoms with E-state index in [0.29, 0.717) is 12.5 Å². The summed E-state index contributed by atoms with van der Waals surface area (Å²) < 4.78 is 11.7. The van der Waals surface area contributed by atoms with E-state index in [0.717, 1.165) is 33.0 Å². The van der Waals surface area contributed by atoms with Crippen molar-refractivity contribution in [2.24, 2.45) is 0 Å². The number of halogens is 1. The van der Waals surface area contributed by atoms with Gasteiger partial charge in [-0.2, -0.15) is 4.98 Å². The Labute approximate surface area is 153 Å². The number of rotatable bonds is 5. The molecule has 7 heteroatoms. The zero-order valence-electron chi connectivity index (χ0n) is 13.2. The van der Waals surface area contributed by atoms with E-state index >= 15 is 0 Å². The first-order valence-corrected chi connectivity index (χ1v) is 8.54. The van der Waals surface area contributed by atoms with Crippen molar-refractivity contribution in [3.05, 3.63) is 64.8 Å². The number of ether oxygens (including phenoxy) is 2. The maximum Gasteiger partial charge on any atom is 0.231 e. The van der Waals surface area contributed by atoms with Crippen molar-refractivity contribution in [1.82, 2.24) is 9.97 Å². The number of hydrogen-bond acceptors (Lipinski definition) is 6. The maximum absolute atomic E-state index is 5.40. The molecule has 0 saturated heterocycles. The van der Waals surface area contributed by atoms with Crippen LogP contribution in [0.1, 0.15) is 5.56 Å². The van der Waals surface area contributed by atoms with Crippen LogP contribution in [0, 0.1) is 0 Å². The van der Waals surface area contributed by atoms with Crippen LogP contribution in [0.2, 0.25) is 0 Å². The van der Waals surface area contributed by atoms with E-state index in [1.807, 2.05) is 48.5 Å². The van der Waals surface area contributed by atoms with E-state index in [2.05, 4.69) is 36.5 Å². The van der Waals surface area contributed by atoms with Gasteiger partial charge in [0, 0.05) is 17.2 Å². The highest BCUT2D eigenvalue weighted by atomic mass is 79.9. The summed E-state index contributed by atoms with van der Waals surface area (Å²) in [6.07, 6.45) is 1.72. The lowest BCUT2D eigenvalue weighted by molar-refractivity contribution is 0.174. The third-order valence-corrected chi connectivity index (χ3v) is 4.38. The molecule has 0 spiro atoms. The molecule has 0 unspecified atom stereocenters. The molecule has 0 bridgehead atoms. The fourth-order valence-corrected chi connectivity index (χ4v) is 2.83. The van der Waals surface area contributed by atoms with Crippen molar-refractivity contribution < 1.29 is 9.47 Å². The quantitative estimate of drug-likeness (QED) is 0.666. The second-order valence-electron chi connectivity index (χ2n) is 5.41. The summed E-state index contributed by atoms with van der Waals surface area (Å²) in [5.41, 5.74) is 2.00. The van der Waals surface area contributed by atoms with Crippen LogP contribution in [0.25, 0.3) is 0 Å². The molecule has 0 atom stereocenters. The Morgan fingerprint density at radius 3 is 2.84 bits per heavy atom. The minimum absolute atomic E-state index is 0.280. The van der Waals surface area contributed by atoms with Gasteiger partial charge in [-0.15, -0.1) is 0 Å². The molecule has 0 radical (unpaired) electrons. The fourth-order valence-electron chi connectivity index (χ4n) is 2.44. The van der Waals surface area contributed by atoms with Crippen molar-refractivity contribution in [3.8, 4) is 11.5 Å². The first kappa shape index (κ1) is 15.7. The van der Waals surface area contributed by atoms with Crippen molar-refractivity contribution in [3.63, 3.8) is 0 Å². The number of para-hydroxylation sites is 1. The normalized spacial score (nSPS) is 12.0. The minimum atomic E-state index is 0.280. The first-order chi connectivity index (χ1) is 12.3. The van der Waals surface area contributed by atoms with E-state index in [1.165, 1.54) is 0 Å². The number of aromatic nitrogens is 2. The van der Waals surface area contributed by atoms with Crippen LogP contribution in [0.3, 0.4) is 0 Å². The number of benzene rings is 2. The van der Waals surface area contributed by atoms with Crippen LogP contribution in [0.15, 0.2) is 59.2 Å². The molecule has 1 aromatic heterocycles. The average molecular weight is 399 g/mol. The van der Waals surface area contributed by atoms with Gasteiger partial charge < -0.3 is 20.1 Å². The molecule has 126 valence electrons. The SMILES string of the molecule is Brc1ccccc1Nc1nccc(NCc2ccc3c(c2)OCO3)n1. The average Bonchev–Trinajstić information content (AvgIpc) is 3.10. The fraction of sp³-hybridized carbons (Fsp3) is 0.111. The van der Waals surface area contributed by atoms with Crippen LogP contribution < -0.4 is 20.1 Å². The molecule has 2 heterocycles. The van der Waals surface area contributed by atoms with Crippen molar-refractivity contribution >= 4 is 33.4 Å². The summed E-state index contributed by atoms with van der Waals surface area (Å²) in [4.78, 5) is 8.75. The molecule has 2 aromatic carbocycles. The van der Waals surface area contributed by atoms with E-state index in [9.17, 15) is 0 Å². The van der Waals surface area contributed by atoms with Gasteiger partial charge in [-0.1, -0.05) is 18.2 Å². The van der Waals surface area contributed by atoms with Gasteiger partial charge >= 0.3 is 0 Å². The highest BCUT2D eigenvalue weighted by Crippen LogP contribution is 2.32. The number of anilines is 3. The topological polar surface area (TPSA) is 68.3 Å². The molecule has 2 N–H and O–H groups in total. The zero-order valence-corrected chi connectivity index (χ0v) is 14.8. The third-order valence-electron chi connectivity index (χ3n) is 3.69. The Hall–Kier alpha value is -2.80. The third kappa shape index (κ3) is 3.66. The lowest BCUT2D eigenvalue weighted by Gasteiger charge is -2.10. The lowest BCUT2D eigenvalue weighted by Crippen LogP contribution is -2.04. The van der Waals surface area contributed by atoms with Crippen molar-refractivity contribution in [2.45, 2.75) is 6.54 Å². The van der Waals surface area contributed by atoms with Gasteiger partial charge in [0.15, 0.2) is 11.5 Å². The van der Waals surface area contributed by atoms with Crippen LogP contribution in [-0.2, 0) is 6.54 Å². The van der Waals surface area contributed by atoms with Gasteiger partial charge in [0.1, 0.15) is 5.82 Å². The highest BCUT2D eigenvalue weighted by Gasteiger charge is 2.13. The summed E-state index contributed by atoms with van der Waals surface area (Å²) in [6, 6.07) is 15.6. The number of fused-ring (bicyclic) bond motifs is 1. The summed E-state index contributed by atoms with van der Waals surface area (Å²) in [7, 11) is 0. The van der Waals surface area contributed by atoms with E-state index in [1.54, 1.807) is 6.20 Å². The molecule has 6 nitrogen and oxygen atoms in total. The van der Waals surface area contributed by atoms with Crippen molar-refractivity contribution in [2.75, 3.05) is 17.4 Å². The molecule has 0 amide bonds. The predicted octanol–water partition coefficient (Wildman–Crippen LogP) is 4.32. The van der Waals surface area contributed by atoms with E-state index in [-0.39, 0.29) is 6.79 Å². The monoisotopic (exact) mass is 398 g/mol. The maximum atomic E-state index is 5.40. The number of hydrogen-bond donors (Lipinski definition) is 2. The van der Waals surface area contributed by atoms with Gasteiger partial charge in [0.25, 0.3) is 0 Å². The Bertz CT molecular complexity index is 904. The smallest absolute Gasteiger partial charge is 0.231 e. The molecular formula is C18H15BrN4O2. The Balaban J connectivity index is 1.44. The van der Waals surface area contributed by atoms with E-state index in [4.69, 9.17) is 9.47 Å². The molecule has 0 aliphatic carbocycles. The molecular weight excluding hydrogens is 384 g/mol.